The van der Waals surface area contributed by atoms with Crippen LogP contribution in [-0.4, -0.2) is 26.5 Å². The number of nitrogens with zero attached hydrogens (tertiary/aromatic N) is 2. The Labute approximate surface area is 123 Å². The number of benzene rings is 2. The highest BCUT2D eigenvalue weighted by molar-refractivity contribution is 7.92. The molecule has 0 saturated carbocycles. The first-order valence-corrected chi connectivity index (χ1v) is 7.53. The Balaban J connectivity index is 2.53. The van der Waals surface area contributed by atoms with Crippen LogP contribution in [0.3, 0.4) is 0 Å². The summed E-state index contributed by atoms with van der Waals surface area (Å²) in [5, 5.41) is 11.7. The molecule has 0 amide bonds. The fraction of sp³-hybridized carbons (Fsp3) is 0.0714. The lowest BCUT2D eigenvalue weighted by Crippen LogP contribution is -2.29. The van der Waals surface area contributed by atoms with Gasteiger partial charge in [-0.25, -0.2) is 8.42 Å². The molecule has 0 radical (unpaired) electrons. The molecule has 0 atom stereocenters. The molecule has 110 valence electrons. The Hall–Kier alpha value is -2.54. The summed E-state index contributed by atoms with van der Waals surface area (Å²) < 4.78 is 26.3. The Morgan fingerprint density at radius 3 is 2.29 bits per heavy atom. The Kier molecular flexibility index (Phi) is 4.13. The van der Waals surface area contributed by atoms with E-state index in [1.807, 2.05) is 0 Å². The number of hydrogen-bond donors (Lipinski definition) is 2. The average molecular weight is 305 g/mol. The summed E-state index contributed by atoms with van der Waals surface area (Å²) in [7, 11) is -2.29. The second-order valence-electron chi connectivity index (χ2n) is 4.29. The zero-order valence-electron chi connectivity index (χ0n) is 11.3. The molecule has 3 N–H and O–H groups in total. The van der Waals surface area contributed by atoms with Crippen LogP contribution in [0.4, 0.5) is 5.69 Å². The van der Waals surface area contributed by atoms with Crippen LogP contribution < -0.4 is 10.0 Å². The van der Waals surface area contributed by atoms with Gasteiger partial charge in [0, 0.05) is 12.6 Å². The molecule has 21 heavy (non-hydrogen) atoms. The molecule has 0 aromatic heterocycles. The molecule has 2 rings (SSSR count). The second-order valence-corrected chi connectivity index (χ2v) is 6.26. The van der Waals surface area contributed by atoms with E-state index in [-0.39, 0.29) is 10.7 Å². The van der Waals surface area contributed by atoms with E-state index in [4.69, 9.17) is 10.9 Å². The van der Waals surface area contributed by atoms with Gasteiger partial charge in [-0.2, -0.15) is 0 Å². The van der Waals surface area contributed by atoms with Crippen molar-refractivity contribution in [3.8, 4) is 0 Å². The first kappa shape index (κ1) is 14.9. The van der Waals surface area contributed by atoms with E-state index in [2.05, 4.69) is 5.16 Å². The third-order valence-corrected chi connectivity index (χ3v) is 4.81. The molecular formula is C14H15N3O3S. The highest BCUT2D eigenvalue weighted by atomic mass is 32.2. The zero-order chi connectivity index (χ0) is 15.5. The van der Waals surface area contributed by atoms with Crippen molar-refractivity contribution >= 4 is 21.5 Å². The highest BCUT2D eigenvalue weighted by Gasteiger charge is 2.23. The molecule has 6 nitrogen and oxygen atoms in total. The van der Waals surface area contributed by atoms with Gasteiger partial charge in [0.15, 0.2) is 5.84 Å². The lowest BCUT2D eigenvalue weighted by atomic mass is 10.1. The van der Waals surface area contributed by atoms with Crippen molar-refractivity contribution in [1.29, 1.82) is 0 Å². The molecule has 0 heterocycles. The average Bonchev–Trinajstić information content (AvgIpc) is 2.54. The summed E-state index contributed by atoms with van der Waals surface area (Å²) in [6, 6.07) is 14.6. The van der Waals surface area contributed by atoms with Gasteiger partial charge in [0.05, 0.1) is 10.6 Å². The quantitative estimate of drug-likeness (QED) is 0.388. The third kappa shape index (κ3) is 2.82. The summed E-state index contributed by atoms with van der Waals surface area (Å²) in [6.45, 7) is 0. The highest BCUT2D eigenvalue weighted by Crippen LogP contribution is 2.25. The molecule has 0 bridgehead atoms. The van der Waals surface area contributed by atoms with Crippen molar-refractivity contribution < 1.29 is 13.6 Å². The Morgan fingerprint density at radius 2 is 1.67 bits per heavy atom. The van der Waals surface area contributed by atoms with Crippen molar-refractivity contribution in [1.82, 2.24) is 0 Å². The standard InChI is InChI=1S/C14H15N3O3S/c1-17(21(19,20)11-7-3-2-4-8-11)13-10-6-5-9-12(13)14(15)16-18/h2-10,18H,1H3,(H2,15,16). The summed E-state index contributed by atoms with van der Waals surface area (Å²) in [4.78, 5) is 0.168. The first-order valence-electron chi connectivity index (χ1n) is 6.09. The normalized spacial score (nSPS) is 12.1. The van der Waals surface area contributed by atoms with Gasteiger partial charge >= 0.3 is 0 Å². The predicted molar refractivity (Wildman–Crippen MR) is 81.0 cm³/mol. The molecule has 0 unspecified atom stereocenters. The molecule has 2 aromatic carbocycles. The van der Waals surface area contributed by atoms with Gasteiger partial charge in [-0.05, 0) is 24.3 Å². The monoisotopic (exact) mass is 305 g/mol. The van der Waals surface area contributed by atoms with E-state index in [9.17, 15) is 8.42 Å². The van der Waals surface area contributed by atoms with E-state index in [0.29, 0.717) is 11.3 Å². The molecule has 0 saturated heterocycles. The topological polar surface area (TPSA) is 96.0 Å². The van der Waals surface area contributed by atoms with Crippen molar-refractivity contribution in [2.24, 2.45) is 10.9 Å². The van der Waals surface area contributed by atoms with E-state index in [1.54, 1.807) is 42.5 Å². The van der Waals surface area contributed by atoms with Crippen molar-refractivity contribution in [3.05, 3.63) is 60.2 Å². The molecule has 2 aromatic rings. The summed E-state index contributed by atoms with van der Waals surface area (Å²) in [5.74, 6) is -0.152. The molecular weight excluding hydrogens is 290 g/mol. The molecule has 0 aliphatic heterocycles. The van der Waals surface area contributed by atoms with Gasteiger partial charge < -0.3 is 10.9 Å². The van der Waals surface area contributed by atoms with Crippen LogP contribution in [0.25, 0.3) is 0 Å². The van der Waals surface area contributed by atoms with Crippen molar-refractivity contribution in [2.75, 3.05) is 11.4 Å². The number of para-hydroxylation sites is 1. The van der Waals surface area contributed by atoms with Crippen LogP contribution in [0.15, 0.2) is 64.6 Å². The van der Waals surface area contributed by atoms with Crippen LogP contribution >= 0.6 is 0 Å². The summed E-state index contributed by atoms with van der Waals surface area (Å²) in [6.07, 6.45) is 0. The number of hydrogen-bond acceptors (Lipinski definition) is 4. The van der Waals surface area contributed by atoms with Crippen LogP contribution in [0.5, 0.6) is 0 Å². The van der Waals surface area contributed by atoms with E-state index in [0.717, 1.165) is 4.31 Å². The lowest BCUT2D eigenvalue weighted by molar-refractivity contribution is 0.318. The van der Waals surface area contributed by atoms with E-state index < -0.39 is 10.0 Å². The Morgan fingerprint density at radius 1 is 1.10 bits per heavy atom. The molecule has 0 spiro atoms. The van der Waals surface area contributed by atoms with E-state index >= 15 is 0 Å². The SMILES string of the molecule is CN(c1ccccc1/C(N)=N/O)S(=O)(=O)c1ccccc1. The zero-order valence-corrected chi connectivity index (χ0v) is 12.2. The lowest BCUT2D eigenvalue weighted by Gasteiger charge is -2.21. The minimum absolute atomic E-state index is 0.152. The summed E-state index contributed by atoms with van der Waals surface area (Å²) in [5.41, 5.74) is 6.26. The fourth-order valence-electron chi connectivity index (χ4n) is 1.90. The number of sulfonamides is 1. The van der Waals surface area contributed by atoms with Gasteiger partial charge in [0.2, 0.25) is 0 Å². The number of nitrogens with two attached hydrogens (primary N) is 1. The summed E-state index contributed by atoms with van der Waals surface area (Å²) >= 11 is 0. The largest absolute Gasteiger partial charge is 0.409 e. The van der Waals surface area contributed by atoms with Crippen molar-refractivity contribution in [3.63, 3.8) is 0 Å². The predicted octanol–water partition coefficient (Wildman–Crippen LogP) is 1.61. The second kappa shape index (κ2) is 5.84. The van der Waals surface area contributed by atoms with Gasteiger partial charge in [-0.1, -0.05) is 35.5 Å². The maximum absolute atomic E-state index is 12.6. The van der Waals surface area contributed by atoms with Crippen molar-refractivity contribution in [2.45, 2.75) is 4.90 Å². The maximum atomic E-state index is 12.6. The van der Waals surface area contributed by atoms with Gasteiger partial charge in [-0.3, -0.25) is 4.31 Å². The third-order valence-electron chi connectivity index (χ3n) is 3.03. The number of rotatable bonds is 4. The van der Waals surface area contributed by atoms with Crippen LogP contribution in [0.1, 0.15) is 5.56 Å². The number of anilines is 1. The first-order chi connectivity index (χ1) is 9.98. The van der Waals surface area contributed by atoms with Crippen LogP contribution in [0, 0.1) is 0 Å². The molecule has 0 fully saturated rings. The smallest absolute Gasteiger partial charge is 0.264 e. The molecule has 7 heteroatoms. The minimum atomic E-state index is -3.72. The Bertz CT molecular complexity index is 758. The van der Waals surface area contributed by atoms with Gasteiger partial charge in [-0.15, -0.1) is 0 Å². The molecule has 0 aliphatic rings. The van der Waals surface area contributed by atoms with Crippen LogP contribution in [-0.2, 0) is 10.0 Å². The fourth-order valence-corrected chi connectivity index (χ4v) is 3.13. The van der Waals surface area contributed by atoms with Gasteiger partial charge in [0.1, 0.15) is 0 Å². The number of oxime groups is 1. The van der Waals surface area contributed by atoms with Crippen LogP contribution in [0.2, 0.25) is 0 Å². The van der Waals surface area contributed by atoms with Gasteiger partial charge in [0.25, 0.3) is 10.0 Å². The molecule has 0 aliphatic carbocycles. The maximum Gasteiger partial charge on any atom is 0.264 e. The van der Waals surface area contributed by atoms with E-state index in [1.165, 1.54) is 19.2 Å². The number of amidine groups is 1. The minimum Gasteiger partial charge on any atom is -0.409 e.